The van der Waals surface area contributed by atoms with Crippen LogP contribution in [0.15, 0.2) is 23.4 Å². The summed E-state index contributed by atoms with van der Waals surface area (Å²) < 4.78 is 0. The smallest absolute Gasteiger partial charge is 0.117 e. The minimum Gasteiger partial charge on any atom is -0.372 e. The molecule has 1 rings (SSSR count). The molecule has 0 aromatic carbocycles. The fourth-order valence-electron chi connectivity index (χ4n) is 1.48. The third-order valence-corrected chi connectivity index (χ3v) is 2.07. The Kier molecular flexibility index (Phi) is 3.35. The van der Waals surface area contributed by atoms with Gasteiger partial charge in [0.25, 0.3) is 0 Å². The highest BCUT2D eigenvalue weighted by Crippen LogP contribution is 2.19. The van der Waals surface area contributed by atoms with Gasteiger partial charge < -0.3 is 5.32 Å². The Morgan fingerprint density at radius 3 is 2.64 bits per heavy atom. The summed E-state index contributed by atoms with van der Waals surface area (Å²) in [5, 5.41) is 12.3. The van der Waals surface area contributed by atoms with Gasteiger partial charge >= 0.3 is 0 Å². The number of allylic oxidation sites excluding steroid dienone is 4. The summed E-state index contributed by atoms with van der Waals surface area (Å²) in [6.45, 7) is 6.20. The monoisotopic (exact) mass is 190 g/mol. The molecule has 1 aliphatic carbocycles. The van der Waals surface area contributed by atoms with Crippen molar-refractivity contribution in [3.8, 4) is 6.07 Å². The zero-order chi connectivity index (χ0) is 10.6. The molecule has 14 heavy (non-hydrogen) atoms. The molecule has 0 amide bonds. The van der Waals surface area contributed by atoms with Crippen molar-refractivity contribution >= 4 is 0 Å². The molecule has 0 aliphatic heterocycles. The van der Waals surface area contributed by atoms with E-state index in [2.05, 4.69) is 44.3 Å². The highest BCUT2D eigenvalue weighted by atomic mass is 15.0. The number of nitrogens with zero attached hydrogens (tertiary/aromatic N) is 1. The van der Waals surface area contributed by atoms with Gasteiger partial charge in [-0.1, -0.05) is 12.2 Å². The van der Waals surface area contributed by atoms with E-state index in [0.717, 1.165) is 30.5 Å². The van der Waals surface area contributed by atoms with Gasteiger partial charge in [-0.15, -0.1) is 0 Å². The Hall–Kier alpha value is -1.23. The first-order valence-electron chi connectivity index (χ1n) is 5.11. The molecule has 0 spiro atoms. The van der Waals surface area contributed by atoms with Crippen molar-refractivity contribution < 1.29 is 0 Å². The normalized spacial score (nSPS) is 20.1. The van der Waals surface area contributed by atoms with Crippen LogP contribution >= 0.6 is 0 Å². The van der Waals surface area contributed by atoms with Crippen LogP contribution in [0.1, 0.15) is 40.0 Å². The maximum atomic E-state index is 9.04. The van der Waals surface area contributed by atoms with Crippen LogP contribution in [0.3, 0.4) is 0 Å². The standard InChI is InChI=1S/C12H18N2/c1-12(2,3)14-11(9-13)10-7-5-4-6-8-10/h5,7,14H,4,6,8H2,1-3H3/b11-10-. The average Bonchev–Trinajstić information content (AvgIpc) is 2.14. The van der Waals surface area contributed by atoms with Crippen molar-refractivity contribution in [1.82, 2.24) is 5.32 Å². The van der Waals surface area contributed by atoms with E-state index in [1.54, 1.807) is 0 Å². The van der Waals surface area contributed by atoms with Gasteiger partial charge in [-0.3, -0.25) is 0 Å². The van der Waals surface area contributed by atoms with Crippen LogP contribution in [0.2, 0.25) is 0 Å². The highest BCUT2D eigenvalue weighted by Gasteiger charge is 2.14. The molecule has 0 radical (unpaired) electrons. The zero-order valence-corrected chi connectivity index (χ0v) is 9.22. The molecule has 1 N–H and O–H groups in total. The molecule has 2 heteroatoms. The first-order valence-corrected chi connectivity index (χ1v) is 5.11. The van der Waals surface area contributed by atoms with Crippen molar-refractivity contribution in [3.05, 3.63) is 23.4 Å². The van der Waals surface area contributed by atoms with E-state index in [0.29, 0.717) is 0 Å². The van der Waals surface area contributed by atoms with Crippen LogP contribution in [0.5, 0.6) is 0 Å². The lowest BCUT2D eigenvalue weighted by atomic mass is 9.99. The molecule has 0 aromatic rings. The summed E-state index contributed by atoms with van der Waals surface area (Å²) in [4.78, 5) is 0. The van der Waals surface area contributed by atoms with Gasteiger partial charge in [0.15, 0.2) is 0 Å². The van der Waals surface area contributed by atoms with E-state index in [9.17, 15) is 0 Å². The van der Waals surface area contributed by atoms with Gasteiger partial charge in [0.2, 0.25) is 0 Å². The van der Waals surface area contributed by atoms with Crippen LogP contribution in [-0.4, -0.2) is 5.54 Å². The maximum Gasteiger partial charge on any atom is 0.117 e. The number of nitrogens with one attached hydrogen (secondary N) is 1. The van der Waals surface area contributed by atoms with Gasteiger partial charge in [-0.25, -0.2) is 0 Å². The Balaban J connectivity index is 2.85. The molecule has 0 unspecified atom stereocenters. The number of nitriles is 1. The summed E-state index contributed by atoms with van der Waals surface area (Å²) in [5.74, 6) is 0. The minimum atomic E-state index is -0.0383. The van der Waals surface area contributed by atoms with E-state index < -0.39 is 0 Å². The van der Waals surface area contributed by atoms with Gasteiger partial charge in [-0.2, -0.15) is 5.26 Å². The Bertz CT molecular complexity index is 297. The fourth-order valence-corrected chi connectivity index (χ4v) is 1.48. The Labute approximate surface area is 86.3 Å². The predicted octanol–water partition coefficient (Wildman–Crippen LogP) is 2.89. The van der Waals surface area contributed by atoms with Crippen molar-refractivity contribution in [2.45, 2.75) is 45.6 Å². The molecular weight excluding hydrogens is 172 g/mol. The lowest BCUT2D eigenvalue weighted by molar-refractivity contribution is 0.477. The quantitative estimate of drug-likeness (QED) is 0.645. The number of rotatable bonds is 1. The topological polar surface area (TPSA) is 35.8 Å². The van der Waals surface area contributed by atoms with Crippen LogP contribution in [0, 0.1) is 11.3 Å². The summed E-state index contributed by atoms with van der Waals surface area (Å²) in [6.07, 6.45) is 7.52. The largest absolute Gasteiger partial charge is 0.372 e. The van der Waals surface area contributed by atoms with E-state index in [1.165, 1.54) is 0 Å². The molecule has 0 saturated heterocycles. The van der Waals surface area contributed by atoms with E-state index >= 15 is 0 Å². The molecule has 1 aliphatic rings. The molecule has 0 heterocycles. The SMILES string of the molecule is CC(C)(C)N/C(C#N)=C1/C=CCCC1. The van der Waals surface area contributed by atoms with Crippen molar-refractivity contribution in [2.75, 3.05) is 0 Å². The van der Waals surface area contributed by atoms with E-state index in [1.807, 2.05) is 0 Å². The molecule has 0 saturated carbocycles. The lowest BCUT2D eigenvalue weighted by Gasteiger charge is -2.23. The van der Waals surface area contributed by atoms with Crippen molar-refractivity contribution in [1.29, 1.82) is 5.26 Å². The third-order valence-electron chi connectivity index (χ3n) is 2.07. The number of hydrogen-bond donors (Lipinski definition) is 1. The fraction of sp³-hybridized carbons (Fsp3) is 0.583. The molecule has 0 aromatic heterocycles. The van der Waals surface area contributed by atoms with Crippen LogP contribution in [0.25, 0.3) is 0 Å². The van der Waals surface area contributed by atoms with Gasteiger partial charge in [0.1, 0.15) is 11.8 Å². The van der Waals surface area contributed by atoms with Crippen LogP contribution in [-0.2, 0) is 0 Å². The second-order valence-corrected chi connectivity index (χ2v) is 4.68. The third kappa shape index (κ3) is 3.26. The Morgan fingerprint density at radius 2 is 2.21 bits per heavy atom. The molecule has 2 nitrogen and oxygen atoms in total. The van der Waals surface area contributed by atoms with Gasteiger partial charge in [0.05, 0.1) is 0 Å². The predicted molar refractivity (Wildman–Crippen MR) is 58.5 cm³/mol. The highest BCUT2D eigenvalue weighted by molar-refractivity contribution is 5.35. The summed E-state index contributed by atoms with van der Waals surface area (Å²) in [7, 11) is 0. The van der Waals surface area contributed by atoms with Crippen LogP contribution < -0.4 is 5.32 Å². The van der Waals surface area contributed by atoms with Gasteiger partial charge in [-0.05, 0) is 45.6 Å². The second kappa shape index (κ2) is 4.32. The minimum absolute atomic E-state index is 0.0383. The molecular formula is C12H18N2. The van der Waals surface area contributed by atoms with Crippen LogP contribution in [0.4, 0.5) is 0 Å². The van der Waals surface area contributed by atoms with Crippen molar-refractivity contribution in [2.24, 2.45) is 0 Å². The zero-order valence-electron chi connectivity index (χ0n) is 9.22. The van der Waals surface area contributed by atoms with Gasteiger partial charge in [0, 0.05) is 5.54 Å². The summed E-state index contributed by atoms with van der Waals surface area (Å²) in [5.41, 5.74) is 1.84. The molecule has 0 atom stereocenters. The van der Waals surface area contributed by atoms with E-state index in [4.69, 9.17) is 5.26 Å². The first kappa shape index (κ1) is 10.8. The lowest BCUT2D eigenvalue weighted by Crippen LogP contribution is -2.35. The summed E-state index contributed by atoms with van der Waals surface area (Å²) in [6, 6.07) is 2.25. The first-order chi connectivity index (χ1) is 6.53. The average molecular weight is 190 g/mol. The molecule has 0 fully saturated rings. The van der Waals surface area contributed by atoms with E-state index in [-0.39, 0.29) is 5.54 Å². The Morgan fingerprint density at radius 1 is 1.50 bits per heavy atom. The molecule has 0 bridgehead atoms. The summed E-state index contributed by atoms with van der Waals surface area (Å²) >= 11 is 0. The maximum absolute atomic E-state index is 9.04. The molecule has 76 valence electrons. The number of hydrogen-bond acceptors (Lipinski definition) is 2. The van der Waals surface area contributed by atoms with Crippen molar-refractivity contribution in [3.63, 3.8) is 0 Å². The second-order valence-electron chi connectivity index (χ2n) is 4.68.